The Morgan fingerprint density at radius 3 is 2.68 bits per heavy atom. The highest BCUT2D eigenvalue weighted by Crippen LogP contribution is 2.30. The van der Waals surface area contributed by atoms with Crippen molar-refractivity contribution < 1.29 is 9.59 Å². The lowest BCUT2D eigenvalue weighted by Crippen LogP contribution is -2.50. The average molecular weight is 422 g/mol. The normalized spacial score (nSPS) is 22.4. The summed E-state index contributed by atoms with van der Waals surface area (Å²) in [5.41, 5.74) is 2.30. The lowest BCUT2D eigenvalue weighted by atomic mass is 9.93. The zero-order valence-corrected chi connectivity index (χ0v) is 18.4. The second-order valence-corrected chi connectivity index (χ2v) is 8.50. The zero-order chi connectivity index (χ0) is 21.8. The van der Waals surface area contributed by atoms with Gasteiger partial charge in [0.1, 0.15) is 12.0 Å². The summed E-state index contributed by atoms with van der Waals surface area (Å²) >= 11 is 0. The number of hydrogen-bond donors (Lipinski definition) is 0. The van der Waals surface area contributed by atoms with Crippen LogP contribution in [0.5, 0.6) is 0 Å². The van der Waals surface area contributed by atoms with Gasteiger partial charge in [-0.3, -0.25) is 14.5 Å². The van der Waals surface area contributed by atoms with Crippen LogP contribution in [0.25, 0.3) is 0 Å². The van der Waals surface area contributed by atoms with Crippen molar-refractivity contribution in [3.63, 3.8) is 0 Å². The first kappa shape index (κ1) is 21.4. The molecule has 2 bridgehead atoms. The van der Waals surface area contributed by atoms with E-state index in [1.54, 1.807) is 12.3 Å². The number of anilines is 1. The zero-order valence-electron chi connectivity index (χ0n) is 18.4. The maximum Gasteiger partial charge on any atom is 0.272 e. The van der Waals surface area contributed by atoms with Gasteiger partial charge in [-0.25, -0.2) is 9.97 Å². The summed E-state index contributed by atoms with van der Waals surface area (Å²) < 4.78 is 0. The molecule has 0 radical (unpaired) electrons. The molecule has 1 aromatic heterocycles. The lowest BCUT2D eigenvalue weighted by molar-refractivity contribution is -0.118. The molecule has 3 heterocycles. The Hall–Kier alpha value is -2.80. The fourth-order valence-corrected chi connectivity index (χ4v) is 4.88. The molecule has 2 amide bonds. The van der Waals surface area contributed by atoms with E-state index in [0.29, 0.717) is 43.8 Å². The molecule has 2 aromatic rings. The van der Waals surface area contributed by atoms with Gasteiger partial charge < -0.3 is 9.80 Å². The van der Waals surface area contributed by atoms with Crippen LogP contribution in [0.1, 0.15) is 55.1 Å². The molecular formula is C24H31N5O2. The minimum absolute atomic E-state index is 0.0969. The Labute approximate surface area is 184 Å². The van der Waals surface area contributed by atoms with E-state index in [-0.39, 0.29) is 11.8 Å². The maximum absolute atomic E-state index is 13.4. The Kier molecular flexibility index (Phi) is 6.61. The van der Waals surface area contributed by atoms with Crippen molar-refractivity contribution in [2.75, 3.05) is 25.0 Å². The second-order valence-electron chi connectivity index (χ2n) is 8.50. The quantitative estimate of drug-likeness (QED) is 0.745. The molecule has 1 aromatic carbocycles. The number of fused-ring (bicyclic) bond motifs is 3. The molecule has 2 atom stereocenters. The molecular weight excluding hydrogens is 390 g/mol. The van der Waals surface area contributed by atoms with Gasteiger partial charge in [-0.15, -0.1) is 0 Å². The highest BCUT2D eigenvalue weighted by atomic mass is 16.2. The third kappa shape index (κ3) is 4.61. The summed E-state index contributed by atoms with van der Waals surface area (Å²) in [4.78, 5) is 40.7. The van der Waals surface area contributed by atoms with Crippen molar-refractivity contribution >= 4 is 17.5 Å². The summed E-state index contributed by atoms with van der Waals surface area (Å²) in [6.07, 6.45) is 7.75. The van der Waals surface area contributed by atoms with Crippen LogP contribution in [0.2, 0.25) is 0 Å². The topological polar surface area (TPSA) is 69.6 Å². The number of aromatic nitrogens is 2. The number of carbonyl (C=O) groups is 2. The third-order valence-corrected chi connectivity index (χ3v) is 6.68. The van der Waals surface area contributed by atoms with E-state index >= 15 is 0 Å². The number of rotatable bonds is 2. The third-order valence-electron chi connectivity index (χ3n) is 6.68. The van der Waals surface area contributed by atoms with Crippen molar-refractivity contribution in [3.8, 4) is 0 Å². The fourth-order valence-electron chi connectivity index (χ4n) is 4.88. The van der Waals surface area contributed by atoms with E-state index in [0.717, 1.165) is 36.9 Å². The molecule has 2 unspecified atom stereocenters. The van der Waals surface area contributed by atoms with Crippen LogP contribution < -0.4 is 4.90 Å². The highest BCUT2D eigenvalue weighted by molar-refractivity contribution is 5.94. The Bertz CT molecular complexity index is 919. The molecule has 7 nitrogen and oxygen atoms in total. The van der Waals surface area contributed by atoms with E-state index in [2.05, 4.69) is 21.9 Å². The summed E-state index contributed by atoms with van der Waals surface area (Å²) in [6, 6.07) is 10.3. The fraction of sp³-hybridized carbons (Fsp3) is 0.500. The van der Waals surface area contributed by atoms with Crippen molar-refractivity contribution in [2.45, 2.75) is 57.7 Å². The molecule has 0 aliphatic carbocycles. The Morgan fingerprint density at radius 1 is 1.10 bits per heavy atom. The summed E-state index contributed by atoms with van der Waals surface area (Å²) in [6.45, 7) is 3.70. The second kappa shape index (κ2) is 9.56. The first-order valence-electron chi connectivity index (χ1n) is 11.2. The van der Waals surface area contributed by atoms with Crippen molar-refractivity contribution in [3.05, 3.63) is 54.1 Å². The number of amides is 2. The van der Waals surface area contributed by atoms with Crippen LogP contribution in [0.4, 0.5) is 5.69 Å². The predicted molar refractivity (Wildman–Crippen MR) is 120 cm³/mol. The SMILES string of the molecule is CCC(=O)N1CCC2CCCC(CN(C(=O)c3ccncn3)Cc3ccccc31)N2C. The molecule has 2 aliphatic heterocycles. The standard InChI is InChI=1S/C24H31N5O2/c1-3-23(30)29-14-12-19-8-6-9-20(27(19)2)16-28(15-18-7-4-5-10-22(18)29)24(31)21-11-13-25-17-26-21/h4-5,7,10-11,13,17,19-20H,3,6,8-9,12,14-16H2,1-2H3. The van der Waals surface area contributed by atoms with E-state index in [9.17, 15) is 9.59 Å². The molecule has 2 aliphatic rings. The summed E-state index contributed by atoms with van der Waals surface area (Å²) in [7, 11) is 2.17. The van der Waals surface area contributed by atoms with E-state index in [1.807, 2.05) is 41.0 Å². The molecule has 4 rings (SSSR count). The van der Waals surface area contributed by atoms with Gasteiger partial charge in [0.15, 0.2) is 0 Å². The van der Waals surface area contributed by atoms with E-state index in [4.69, 9.17) is 0 Å². The lowest BCUT2D eigenvalue weighted by Gasteiger charge is -2.41. The number of piperidine rings is 1. The molecule has 1 fully saturated rings. The van der Waals surface area contributed by atoms with Crippen LogP contribution in [0.3, 0.4) is 0 Å². The van der Waals surface area contributed by atoms with Gasteiger partial charge in [0.05, 0.1) is 0 Å². The van der Waals surface area contributed by atoms with Gasteiger partial charge in [0.2, 0.25) is 5.91 Å². The summed E-state index contributed by atoms with van der Waals surface area (Å²) in [5, 5.41) is 0. The maximum atomic E-state index is 13.4. The minimum atomic E-state index is -0.0969. The van der Waals surface area contributed by atoms with Crippen LogP contribution in [-0.4, -0.2) is 63.8 Å². The van der Waals surface area contributed by atoms with Crippen molar-refractivity contribution in [1.82, 2.24) is 19.8 Å². The van der Waals surface area contributed by atoms with Gasteiger partial charge in [0.25, 0.3) is 5.91 Å². The van der Waals surface area contributed by atoms with Gasteiger partial charge in [-0.1, -0.05) is 31.5 Å². The minimum Gasteiger partial charge on any atom is -0.331 e. The van der Waals surface area contributed by atoms with Crippen LogP contribution >= 0.6 is 0 Å². The van der Waals surface area contributed by atoms with Crippen LogP contribution in [0, 0.1) is 0 Å². The molecule has 0 N–H and O–H groups in total. The largest absolute Gasteiger partial charge is 0.331 e. The van der Waals surface area contributed by atoms with Gasteiger partial charge in [-0.05, 0) is 44.0 Å². The molecule has 0 spiro atoms. The van der Waals surface area contributed by atoms with E-state index in [1.165, 1.54) is 6.33 Å². The van der Waals surface area contributed by atoms with Gasteiger partial charge in [0, 0.05) is 50.0 Å². The first-order chi connectivity index (χ1) is 15.1. The number of para-hydroxylation sites is 1. The van der Waals surface area contributed by atoms with Crippen LogP contribution in [0.15, 0.2) is 42.9 Å². The number of benzene rings is 1. The summed E-state index contributed by atoms with van der Waals surface area (Å²) in [5.74, 6) is 0.0238. The Balaban J connectivity index is 1.75. The highest BCUT2D eigenvalue weighted by Gasteiger charge is 2.33. The molecule has 164 valence electrons. The number of carbonyl (C=O) groups excluding carboxylic acids is 2. The smallest absolute Gasteiger partial charge is 0.272 e. The van der Waals surface area contributed by atoms with Crippen LogP contribution in [-0.2, 0) is 11.3 Å². The number of hydrogen-bond acceptors (Lipinski definition) is 5. The molecule has 0 saturated carbocycles. The van der Waals surface area contributed by atoms with Gasteiger partial charge >= 0.3 is 0 Å². The average Bonchev–Trinajstić information content (AvgIpc) is 2.82. The van der Waals surface area contributed by atoms with Gasteiger partial charge in [-0.2, -0.15) is 0 Å². The first-order valence-corrected chi connectivity index (χ1v) is 11.2. The van der Waals surface area contributed by atoms with E-state index < -0.39 is 0 Å². The molecule has 1 saturated heterocycles. The molecule has 31 heavy (non-hydrogen) atoms. The number of likely N-dealkylation sites (N-methyl/N-ethyl adjacent to an activating group) is 1. The molecule has 7 heteroatoms. The number of nitrogens with zero attached hydrogens (tertiary/aromatic N) is 5. The van der Waals surface area contributed by atoms with Crippen molar-refractivity contribution in [2.24, 2.45) is 0 Å². The monoisotopic (exact) mass is 421 g/mol. The van der Waals surface area contributed by atoms with Crippen molar-refractivity contribution in [1.29, 1.82) is 0 Å². The predicted octanol–water partition coefficient (Wildman–Crippen LogP) is 3.12. The Morgan fingerprint density at radius 2 is 1.90 bits per heavy atom.